The maximum Gasteiger partial charge on any atom is 0.248 e. The van der Waals surface area contributed by atoms with Gasteiger partial charge in [0.05, 0.1) is 17.3 Å². The molecule has 0 saturated carbocycles. The second kappa shape index (κ2) is 8.87. The fourth-order valence-electron chi connectivity index (χ4n) is 2.91. The van der Waals surface area contributed by atoms with Crippen LogP contribution in [0, 0.1) is 11.6 Å². The van der Waals surface area contributed by atoms with Gasteiger partial charge in [-0.1, -0.05) is 29.3 Å². The molecule has 0 unspecified atom stereocenters. The molecule has 0 N–H and O–H groups in total. The van der Waals surface area contributed by atoms with Gasteiger partial charge < -0.3 is 14.5 Å². The lowest BCUT2D eigenvalue weighted by atomic mass is 10.2. The molecule has 1 fully saturated rings. The largest absolute Gasteiger partial charge is 0.367 e. The Bertz CT molecular complexity index is 827. The van der Waals surface area contributed by atoms with Crippen molar-refractivity contribution in [2.45, 2.75) is 6.61 Å². The molecule has 2 aromatic rings. The Kier molecular flexibility index (Phi) is 6.52. The third kappa shape index (κ3) is 5.09. The number of amides is 1. The lowest BCUT2D eigenvalue weighted by Crippen LogP contribution is -2.49. The molecule has 8 heteroatoms. The van der Waals surface area contributed by atoms with E-state index >= 15 is 0 Å². The van der Waals surface area contributed by atoms with Crippen LogP contribution in [0.5, 0.6) is 0 Å². The first kappa shape index (κ1) is 19.9. The van der Waals surface area contributed by atoms with Crippen molar-refractivity contribution >= 4 is 34.8 Å². The van der Waals surface area contributed by atoms with Crippen LogP contribution >= 0.6 is 23.2 Å². The normalized spacial score (nSPS) is 14.5. The first-order chi connectivity index (χ1) is 12.9. The molecule has 0 spiro atoms. The predicted molar refractivity (Wildman–Crippen MR) is 101 cm³/mol. The second-order valence-electron chi connectivity index (χ2n) is 6.19. The van der Waals surface area contributed by atoms with E-state index in [-0.39, 0.29) is 24.7 Å². The van der Waals surface area contributed by atoms with Crippen LogP contribution < -0.4 is 4.90 Å². The van der Waals surface area contributed by atoms with Gasteiger partial charge in [-0.15, -0.1) is 0 Å². The Morgan fingerprint density at radius 2 is 1.78 bits per heavy atom. The summed E-state index contributed by atoms with van der Waals surface area (Å²) in [7, 11) is 0. The highest BCUT2D eigenvalue weighted by Crippen LogP contribution is 2.29. The van der Waals surface area contributed by atoms with E-state index in [0.717, 1.165) is 17.8 Å². The average molecular weight is 415 g/mol. The van der Waals surface area contributed by atoms with E-state index in [1.165, 1.54) is 6.07 Å². The summed E-state index contributed by atoms with van der Waals surface area (Å²) in [4.78, 5) is 16.1. The fraction of sp³-hybridized carbons (Fsp3) is 0.316. The number of benzene rings is 2. The van der Waals surface area contributed by atoms with Gasteiger partial charge in [0.1, 0.15) is 18.2 Å². The molecule has 27 heavy (non-hydrogen) atoms. The standard InChI is InChI=1S/C19H18Cl2F2N2O2/c20-14-2-4-18(16(21)9-14)24-5-7-25(8-6-24)19(26)12-27-11-13-1-3-15(22)10-17(13)23/h1-4,9-10H,5-8,11-12H2. The van der Waals surface area contributed by atoms with Crippen LogP contribution in [0.4, 0.5) is 14.5 Å². The van der Waals surface area contributed by atoms with Crippen molar-refractivity contribution in [2.24, 2.45) is 0 Å². The summed E-state index contributed by atoms with van der Waals surface area (Å²) in [6, 6.07) is 8.60. The van der Waals surface area contributed by atoms with Crippen LogP contribution in [0.1, 0.15) is 5.56 Å². The Morgan fingerprint density at radius 3 is 2.44 bits per heavy atom. The molecule has 1 amide bonds. The van der Waals surface area contributed by atoms with E-state index < -0.39 is 11.6 Å². The fourth-order valence-corrected chi connectivity index (χ4v) is 3.44. The quantitative estimate of drug-likeness (QED) is 0.736. The van der Waals surface area contributed by atoms with E-state index in [2.05, 4.69) is 4.90 Å². The number of ether oxygens (including phenoxy) is 1. The van der Waals surface area contributed by atoms with Crippen molar-refractivity contribution in [3.8, 4) is 0 Å². The van der Waals surface area contributed by atoms with Gasteiger partial charge in [0.2, 0.25) is 5.91 Å². The van der Waals surface area contributed by atoms with Gasteiger partial charge in [-0.3, -0.25) is 4.79 Å². The number of hydrogen-bond donors (Lipinski definition) is 0. The summed E-state index contributed by atoms with van der Waals surface area (Å²) >= 11 is 12.1. The smallest absolute Gasteiger partial charge is 0.248 e. The maximum atomic E-state index is 13.6. The van der Waals surface area contributed by atoms with E-state index in [0.29, 0.717) is 36.2 Å². The van der Waals surface area contributed by atoms with Crippen LogP contribution in [-0.2, 0) is 16.1 Å². The lowest BCUT2D eigenvalue weighted by molar-refractivity contribution is -0.136. The molecular weight excluding hydrogens is 397 g/mol. The SMILES string of the molecule is O=C(COCc1ccc(F)cc1F)N1CCN(c2ccc(Cl)cc2Cl)CC1. The molecule has 144 valence electrons. The van der Waals surface area contributed by atoms with E-state index in [4.69, 9.17) is 27.9 Å². The van der Waals surface area contributed by atoms with Gasteiger partial charge in [-0.05, 0) is 24.3 Å². The number of halogens is 4. The van der Waals surface area contributed by atoms with Gasteiger partial charge in [-0.2, -0.15) is 0 Å². The molecule has 1 aliphatic heterocycles. The average Bonchev–Trinajstić information content (AvgIpc) is 2.63. The van der Waals surface area contributed by atoms with Crippen LogP contribution in [0.25, 0.3) is 0 Å². The summed E-state index contributed by atoms with van der Waals surface area (Å²) in [5.41, 5.74) is 1.10. The highest BCUT2D eigenvalue weighted by atomic mass is 35.5. The summed E-state index contributed by atoms with van der Waals surface area (Å²) in [6.45, 7) is 2.11. The van der Waals surface area contributed by atoms with Gasteiger partial charge in [0.15, 0.2) is 0 Å². The minimum Gasteiger partial charge on any atom is -0.367 e. The van der Waals surface area contributed by atoms with Gasteiger partial charge in [0, 0.05) is 42.8 Å². The molecule has 3 rings (SSSR count). The highest BCUT2D eigenvalue weighted by Gasteiger charge is 2.22. The summed E-state index contributed by atoms with van der Waals surface area (Å²) in [5.74, 6) is -1.50. The summed E-state index contributed by atoms with van der Waals surface area (Å²) in [5, 5.41) is 1.15. The Balaban J connectivity index is 1.47. The third-order valence-electron chi connectivity index (χ3n) is 4.38. The summed E-state index contributed by atoms with van der Waals surface area (Å²) < 4.78 is 31.7. The van der Waals surface area contributed by atoms with Crippen LogP contribution in [0.2, 0.25) is 10.0 Å². The number of carbonyl (C=O) groups excluding carboxylic acids is 1. The van der Waals surface area contributed by atoms with Crippen molar-refractivity contribution in [2.75, 3.05) is 37.7 Å². The van der Waals surface area contributed by atoms with Gasteiger partial charge in [0.25, 0.3) is 0 Å². The molecule has 0 aliphatic carbocycles. The Hall–Kier alpha value is -1.89. The summed E-state index contributed by atoms with van der Waals surface area (Å²) in [6.07, 6.45) is 0. The number of piperazine rings is 1. The van der Waals surface area contributed by atoms with E-state index in [1.54, 1.807) is 17.0 Å². The first-order valence-corrected chi connectivity index (χ1v) is 9.19. The van der Waals surface area contributed by atoms with Crippen LogP contribution in [-0.4, -0.2) is 43.6 Å². The zero-order chi connectivity index (χ0) is 19.4. The molecule has 0 aromatic heterocycles. The third-order valence-corrected chi connectivity index (χ3v) is 4.92. The number of rotatable bonds is 5. The number of nitrogens with zero attached hydrogens (tertiary/aromatic N) is 2. The monoisotopic (exact) mass is 414 g/mol. The van der Waals surface area contributed by atoms with Crippen molar-refractivity contribution in [3.63, 3.8) is 0 Å². The zero-order valence-corrected chi connectivity index (χ0v) is 15.9. The minimum atomic E-state index is -0.684. The molecule has 0 atom stereocenters. The van der Waals surface area contributed by atoms with E-state index in [9.17, 15) is 13.6 Å². The van der Waals surface area contributed by atoms with Crippen molar-refractivity contribution in [1.82, 2.24) is 4.90 Å². The van der Waals surface area contributed by atoms with Gasteiger partial charge in [-0.25, -0.2) is 8.78 Å². The molecule has 1 heterocycles. The molecule has 2 aromatic carbocycles. The van der Waals surface area contributed by atoms with E-state index in [1.807, 2.05) is 6.07 Å². The zero-order valence-electron chi connectivity index (χ0n) is 14.4. The van der Waals surface area contributed by atoms with Crippen LogP contribution in [0.3, 0.4) is 0 Å². The van der Waals surface area contributed by atoms with Crippen molar-refractivity contribution < 1.29 is 18.3 Å². The van der Waals surface area contributed by atoms with Crippen molar-refractivity contribution in [1.29, 1.82) is 0 Å². The molecule has 0 bridgehead atoms. The molecular formula is C19H18Cl2F2N2O2. The molecule has 0 radical (unpaired) electrons. The predicted octanol–water partition coefficient (Wildman–Crippen LogP) is 4.14. The second-order valence-corrected chi connectivity index (χ2v) is 7.04. The van der Waals surface area contributed by atoms with Gasteiger partial charge >= 0.3 is 0 Å². The number of carbonyl (C=O) groups is 1. The Labute approximate surface area is 166 Å². The van der Waals surface area contributed by atoms with Crippen molar-refractivity contribution in [3.05, 3.63) is 63.6 Å². The molecule has 1 aliphatic rings. The lowest BCUT2D eigenvalue weighted by Gasteiger charge is -2.36. The minimum absolute atomic E-state index is 0.0851. The van der Waals surface area contributed by atoms with Crippen LogP contribution in [0.15, 0.2) is 36.4 Å². The molecule has 1 saturated heterocycles. The topological polar surface area (TPSA) is 32.8 Å². The highest BCUT2D eigenvalue weighted by molar-refractivity contribution is 6.36. The Morgan fingerprint density at radius 1 is 1.04 bits per heavy atom. The number of anilines is 1. The number of hydrogen-bond acceptors (Lipinski definition) is 3. The molecule has 4 nitrogen and oxygen atoms in total. The first-order valence-electron chi connectivity index (χ1n) is 8.43. The maximum absolute atomic E-state index is 13.6.